The Labute approximate surface area is 189 Å². The van der Waals surface area contributed by atoms with Gasteiger partial charge in [0.05, 0.1) is 0 Å². The SMILES string of the molecule is COc1cccc(OC)c1-c1ccccc1[PH][Pd]([CH]1CCCCC1)[CH]1CCCCC1. The Morgan fingerprint density at radius 3 is 1.77 bits per heavy atom. The molecule has 0 spiro atoms. The van der Waals surface area contributed by atoms with Gasteiger partial charge in [0, 0.05) is 0 Å². The molecule has 1 unspecified atom stereocenters. The van der Waals surface area contributed by atoms with Crippen LogP contribution in [0, 0.1) is 0 Å². The molecule has 4 rings (SSSR count). The van der Waals surface area contributed by atoms with Crippen molar-refractivity contribution in [3.63, 3.8) is 0 Å². The van der Waals surface area contributed by atoms with Gasteiger partial charge in [-0.3, -0.25) is 0 Å². The van der Waals surface area contributed by atoms with Crippen molar-refractivity contribution in [3.05, 3.63) is 42.5 Å². The minimum absolute atomic E-state index is 0.603. The molecule has 2 fully saturated rings. The Bertz CT molecular complexity index is 772. The van der Waals surface area contributed by atoms with Crippen LogP contribution < -0.4 is 14.8 Å². The molecule has 0 amide bonds. The van der Waals surface area contributed by atoms with Crippen LogP contribution in [0.2, 0.25) is 8.78 Å². The van der Waals surface area contributed by atoms with Crippen LogP contribution >= 0.6 is 6.77 Å². The fourth-order valence-electron chi connectivity index (χ4n) is 4.77. The summed E-state index contributed by atoms with van der Waals surface area (Å²) in [5, 5.41) is 1.54. The van der Waals surface area contributed by atoms with Crippen LogP contribution in [0.25, 0.3) is 11.1 Å². The third kappa shape index (κ3) is 5.12. The van der Waals surface area contributed by atoms with E-state index in [0.29, 0.717) is 0 Å². The normalized spacial score (nSPS) is 19.2. The molecule has 2 saturated carbocycles. The molecular weight excluding hydrogens is 482 g/mol. The molecule has 0 aliphatic heterocycles. The second-order valence-corrected chi connectivity index (χ2v) is 16.3. The molecule has 30 heavy (non-hydrogen) atoms. The third-order valence-corrected chi connectivity index (χ3v) is 17.3. The summed E-state index contributed by atoms with van der Waals surface area (Å²) in [7, 11) is 3.53. The van der Waals surface area contributed by atoms with Crippen molar-refractivity contribution in [1.82, 2.24) is 0 Å². The third-order valence-electron chi connectivity index (χ3n) is 6.36. The fraction of sp³-hybridized carbons (Fsp3) is 0.538. The van der Waals surface area contributed by atoms with E-state index in [1.165, 1.54) is 75.1 Å². The van der Waals surface area contributed by atoms with Crippen LogP contribution in [0.15, 0.2) is 42.5 Å². The van der Waals surface area contributed by atoms with E-state index in [9.17, 15) is 0 Å². The van der Waals surface area contributed by atoms with Gasteiger partial charge in [-0.25, -0.2) is 0 Å². The average Bonchev–Trinajstić information content (AvgIpc) is 2.83. The minimum atomic E-state index is -0.603. The zero-order valence-electron chi connectivity index (χ0n) is 18.4. The Kier molecular flexibility index (Phi) is 8.29. The summed E-state index contributed by atoms with van der Waals surface area (Å²) in [6.45, 7) is 0.983. The van der Waals surface area contributed by atoms with E-state index in [-0.39, 0.29) is 0 Å². The summed E-state index contributed by atoms with van der Waals surface area (Å²) in [4.78, 5) is 0. The first-order valence-electron chi connectivity index (χ1n) is 11.5. The van der Waals surface area contributed by atoms with Crippen LogP contribution in [0.3, 0.4) is 0 Å². The van der Waals surface area contributed by atoms with Gasteiger partial charge in [-0.05, 0) is 0 Å². The molecule has 0 heterocycles. The monoisotopic (exact) mass is 517 g/mol. The van der Waals surface area contributed by atoms with Crippen LogP contribution in [0.4, 0.5) is 0 Å². The van der Waals surface area contributed by atoms with E-state index in [4.69, 9.17) is 9.47 Å². The molecule has 167 valence electrons. The average molecular weight is 518 g/mol. The molecule has 0 radical (unpaired) electrons. The van der Waals surface area contributed by atoms with E-state index in [1.54, 1.807) is 14.2 Å². The zero-order chi connectivity index (χ0) is 20.8. The topological polar surface area (TPSA) is 18.5 Å². The number of ether oxygens (including phenoxy) is 2. The first kappa shape index (κ1) is 22.3. The van der Waals surface area contributed by atoms with E-state index in [1.807, 2.05) is 6.07 Å². The molecule has 0 bridgehead atoms. The summed E-state index contributed by atoms with van der Waals surface area (Å²) in [5.74, 6) is 1.83. The van der Waals surface area contributed by atoms with Crippen LogP contribution in [-0.2, 0) is 16.3 Å². The molecule has 2 aliphatic carbocycles. The summed E-state index contributed by atoms with van der Waals surface area (Å²) in [5.41, 5.74) is 2.45. The molecule has 1 atom stereocenters. The predicted molar refractivity (Wildman–Crippen MR) is 127 cm³/mol. The predicted octanol–water partition coefficient (Wildman–Crippen LogP) is 7.71. The number of hydrogen-bond donors (Lipinski definition) is 0. The number of rotatable bonds is 7. The zero-order valence-corrected chi connectivity index (χ0v) is 21.0. The number of hydrogen-bond acceptors (Lipinski definition) is 2. The number of methoxy groups -OCH3 is 2. The summed E-state index contributed by atoms with van der Waals surface area (Å²) in [6, 6.07) is 15.2. The van der Waals surface area contributed by atoms with Gasteiger partial charge in [0.1, 0.15) is 0 Å². The Morgan fingerprint density at radius 1 is 0.700 bits per heavy atom. The standard InChI is InChI=1S/C14H14O2P.2C6H11.Pd/c1-15-11-7-5-8-12(16-2)14(11)10-6-3-4-9-13(10)17;2*1-2-4-6-5-3-1;/h3-9,17H,1-2H3;2*1H,2-6H2;/q-1;;;+1. The Hall–Kier alpha value is -0.868. The van der Waals surface area contributed by atoms with Crippen molar-refractivity contribution in [1.29, 1.82) is 0 Å². The van der Waals surface area contributed by atoms with Crippen LogP contribution in [0.1, 0.15) is 64.2 Å². The van der Waals surface area contributed by atoms with Gasteiger partial charge >= 0.3 is 190 Å². The van der Waals surface area contributed by atoms with E-state index < -0.39 is 16.3 Å². The maximum absolute atomic E-state index is 5.77. The molecule has 2 aliphatic rings. The van der Waals surface area contributed by atoms with Crippen molar-refractivity contribution in [3.8, 4) is 22.6 Å². The second kappa shape index (κ2) is 11.1. The van der Waals surface area contributed by atoms with Gasteiger partial charge in [0.25, 0.3) is 0 Å². The van der Waals surface area contributed by atoms with Crippen LogP contribution in [0.5, 0.6) is 11.5 Å². The molecule has 2 aromatic carbocycles. The van der Waals surface area contributed by atoms with Gasteiger partial charge in [-0.2, -0.15) is 0 Å². The van der Waals surface area contributed by atoms with Crippen molar-refractivity contribution >= 4 is 12.1 Å². The first-order chi connectivity index (χ1) is 14.8. The van der Waals surface area contributed by atoms with Gasteiger partial charge in [-0.1, -0.05) is 0 Å². The number of benzene rings is 2. The fourth-order valence-corrected chi connectivity index (χ4v) is 16.4. The Balaban J connectivity index is 1.70. The van der Waals surface area contributed by atoms with Gasteiger partial charge in [-0.15, -0.1) is 0 Å². The summed E-state index contributed by atoms with van der Waals surface area (Å²) in [6.07, 6.45) is 14.7. The van der Waals surface area contributed by atoms with Gasteiger partial charge < -0.3 is 0 Å². The molecule has 0 N–H and O–H groups in total. The van der Waals surface area contributed by atoms with Crippen LogP contribution in [-0.4, -0.2) is 14.2 Å². The second-order valence-electron chi connectivity index (χ2n) is 8.32. The first-order valence-corrected chi connectivity index (χ1v) is 16.4. The van der Waals surface area contributed by atoms with Crippen molar-refractivity contribution in [2.24, 2.45) is 0 Å². The van der Waals surface area contributed by atoms with E-state index in [2.05, 4.69) is 36.4 Å². The van der Waals surface area contributed by atoms with E-state index >= 15 is 0 Å². The summed E-state index contributed by atoms with van der Waals surface area (Å²) < 4.78 is 13.6. The molecule has 0 aromatic heterocycles. The van der Waals surface area contributed by atoms with Crippen molar-refractivity contribution in [2.45, 2.75) is 73.0 Å². The molecule has 2 aromatic rings. The van der Waals surface area contributed by atoms with E-state index in [0.717, 1.165) is 32.6 Å². The Morgan fingerprint density at radius 2 is 1.23 bits per heavy atom. The quantitative estimate of drug-likeness (QED) is 0.276. The summed E-state index contributed by atoms with van der Waals surface area (Å²) >= 11 is -0.603. The van der Waals surface area contributed by atoms with Gasteiger partial charge in [0.2, 0.25) is 0 Å². The van der Waals surface area contributed by atoms with Crippen molar-refractivity contribution < 1.29 is 25.7 Å². The molecular formula is C26H36O2PPd. The molecule has 0 saturated heterocycles. The molecule has 4 heteroatoms. The maximum atomic E-state index is 5.77. The van der Waals surface area contributed by atoms with Gasteiger partial charge in [0.15, 0.2) is 0 Å². The van der Waals surface area contributed by atoms with Crippen molar-refractivity contribution in [2.75, 3.05) is 14.2 Å². The molecule has 2 nitrogen and oxygen atoms in total.